The van der Waals surface area contributed by atoms with Crippen LogP contribution in [0.2, 0.25) is 0 Å². The first-order valence-corrected chi connectivity index (χ1v) is 8.04. The van der Waals surface area contributed by atoms with Crippen LogP contribution in [0.25, 0.3) is 16.8 Å². The van der Waals surface area contributed by atoms with Gasteiger partial charge in [-0.25, -0.2) is 4.79 Å². The van der Waals surface area contributed by atoms with E-state index in [0.717, 1.165) is 11.1 Å². The number of hydrogen-bond acceptors (Lipinski definition) is 4. The average Bonchev–Trinajstić information content (AvgIpc) is 2.63. The highest BCUT2D eigenvalue weighted by Gasteiger charge is 2.19. The maximum absolute atomic E-state index is 12.6. The van der Waals surface area contributed by atoms with Crippen LogP contribution < -0.4 is 5.56 Å². The van der Waals surface area contributed by atoms with E-state index >= 15 is 0 Å². The van der Waals surface area contributed by atoms with E-state index in [2.05, 4.69) is 5.10 Å². The first-order valence-electron chi connectivity index (χ1n) is 8.04. The summed E-state index contributed by atoms with van der Waals surface area (Å²) in [5.41, 5.74) is 2.71. The molecule has 5 nitrogen and oxygen atoms in total. The summed E-state index contributed by atoms with van der Waals surface area (Å²) in [7, 11) is 0. The van der Waals surface area contributed by atoms with Gasteiger partial charge in [-0.1, -0.05) is 48.0 Å². The number of hydrogen-bond donors (Lipinski definition) is 0. The van der Waals surface area contributed by atoms with E-state index in [4.69, 9.17) is 4.74 Å². The van der Waals surface area contributed by atoms with Crippen LogP contribution in [0.4, 0.5) is 0 Å². The summed E-state index contributed by atoms with van der Waals surface area (Å²) in [5.74, 6) is -0.553. The molecule has 0 N–H and O–H groups in total. The molecule has 0 saturated carbocycles. The lowest BCUT2D eigenvalue weighted by Crippen LogP contribution is -2.25. The van der Waals surface area contributed by atoms with Gasteiger partial charge >= 0.3 is 5.97 Å². The van der Waals surface area contributed by atoms with Crippen LogP contribution in [-0.4, -0.2) is 22.4 Å². The molecule has 0 aliphatic rings. The molecule has 0 atom stereocenters. The lowest BCUT2D eigenvalue weighted by atomic mass is 10.0. The van der Waals surface area contributed by atoms with Crippen molar-refractivity contribution in [1.29, 1.82) is 0 Å². The van der Waals surface area contributed by atoms with Gasteiger partial charge in [0.25, 0.3) is 5.56 Å². The molecule has 126 valence electrons. The molecule has 5 heteroatoms. The van der Waals surface area contributed by atoms with Crippen molar-refractivity contribution in [2.45, 2.75) is 13.8 Å². The SMILES string of the molecule is CCOC(=O)c1nn(-c2ccccc2)c(=O)cc1-c1ccc(C)cc1. The molecule has 0 aliphatic heterocycles. The van der Waals surface area contributed by atoms with Crippen LogP contribution in [0.15, 0.2) is 65.5 Å². The lowest BCUT2D eigenvalue weighted by Gasteiger charge is -2.12. The monoisotopic (exact) mass is 334 g/mol. The smallest absolute Gasteiger partial charge is 0.359 e. The van der Waals surface area contributed by atoms with Crippen molar-refractivity contribution >= 4 is 5.97 Å². The predicted octanol–water partition coefficient (Wildman–Crippen LogP) is 3.38. The Morgan fingerprint density at radius 2 is 1.76 bits per heavy atom. The number of para-hydroxylation sites is 1. The van der Waals surface area contributed by atoms with Gasteiger partial charge in [-0.05, 0) is 31.5 Å². The first kappa shape index (κ1) is 16.6. The molecule has 3 aromatic rings. The average molecular weight is 334 g/mol. The summed E-state index contributed by atoms with van der Waals surface area (Å²) < 4.78 is 6.34. The minimum absolute atomic E-state index is 0.120. The van der Waals surface area contributed by atoms with Gasteiger partial charge in [0.2, 0.25) is 0 Å². The van der Waals surface area contributed by atoms with Crippen molar-refractivity contribution in [2.24, 2.45) is 0 Å². The van der Waals surface area contributed by atoms with Gasteiger partial charge in [0, 0.05) is 11.6 Å². The molecular weight excluding hydrogens is 316 g/mol. The predicted molar refractivity (Wildman–Crippen MR) is 96.0 cm³/mol. The fourth-order valence-electron chi connectivity index (χ4n) is 2.51. The molecule has 0 fully saturated rings. The minimum Gasteiger partial charge on any atom is -0.461 e. The molecule has 0 radical (unpaired) electrons. The second kappa shape index (κ2) is 7.13. The third kappa shape index (κ3) is 3.50. The van der Waals surface area contributed by atoms with Crippen LogP contribution in [0.3, 0.4) is 0 Å². The van der Waals surface area contributed by atoms with Gasteiger partial charge < -0.3 is 4.74 Å². The Labute approximate surface area is 145 Å². The third-order valence-corrected chi connectivity index (χ3v) is 3.76. The standard InChI is InChI=1S/C20H18N2O3/c1-3-25-20(24)19-17(15-11-9-14(2)10-12-15)13-18(23)22(21-19)16-7-5-4-6-8-16/h4-13H,3H2,1-2H3. The zero-order valence-corrected chi connectivity index (χ0v) is 14.1. The molecule has 0 saturated heterocycles. The lowest BCUT2D eigenvalue weighted by molar-refractivity contribution is 0.0518. The molecule has 0 aliphatic carbocycles. The van der Waals surface area contributed by atoms with Gasteiger partial charge in [0.05, 0.1) is 12.3 Å². The highest BCUT2D eigenvalue weighted by molar-refractivity contribution is 5.95. The second-order valence-electron chi connectivity index (χ2n) is 5.58. The van der Waals surface area contributed by atoms with Crippen LogP contribution in [-0.2, 0) is 4.74 Å². The largest absolute Gasteiger partial charge is 0.461 e. The summed E-state index contributed by atoms with van der Waals surface area (Å²) in [6.45, 7) is 3.94. The van der Waals surface area contributed by atoms with Crippen molar-refractivity contribution in [1.82, 2.24) is 9.78 Å². The Balaban J connectivity index is 2.21. The summed E-state index contributed by atoms with van der Waals surface area (Å²) in [4.78, 5) is 25.0. The zero-order valence-electron chi connectivity index (χ0n) is 14.1. The maximum atomic E-state index is 12.6. The highest BCUT2D eigenvalue weighted by Crippen LogP contribution is 2.22. The Kier molecular flexibility index (Phi) is 4.75. The number of ether oxygens (including phenoxy) is 1. The summed E-state index contributed by atoms with van der Waals surface area (Å²) in [5, 5.41) is 4.29. The van der Waals surface area contributed by atoms with E-state index in [-0.39, 0.29) is 17.9 Å². The van der Waals surface area contributed by atoms with Crippen molar-refractivity contribution < 1.29 is 9.53 Å². The minimum atomic E-state index is -0.553. The normalized spacial score (nSPS) is 10.5. The van der Waals surface area contributed by atoms with Crippen molar-refractivity contribution in [3.63, 3.8) is 0 Å². The van der Waals surface area contributed by atoms with Gasteiger partial charge in [-0.3, -0.25) is 4.79 Å². The van der Waals surface area contributed by atoms with Crippen LogP contribution in [0.1, 0.15) is 23.0 Å². The topological polar surface area (TPSA) is 61.2 Å². The van der Waals surface area contributed by atoms with Crippen molar-refractivity contribution in [3.8, 4) is 16.8 Å². The van der Waals surface area contributed by atoms with Gasteiger partial charge in [0.1, 0.15) is 0 Å². The number of aromatic nitrogens is 2. The number of rotatable bonds is 4. The third-order valence-electron chi connectivity index (χ3n) is 3.76. The van der Waals surface area contributed by atoms with E-state index in [1.54, 1.807) is 31.2 Å². The molecule has 3 rings (SSSR count). The fourth-order valence-corrected chi connectivity index (χ4v) is 2.51. The van der Waals surface area contributed by atoms with Crippen molar-refractivity contribution in [2.75, 3.05) is 6.61 Å². The zero-order chi connectivity index (χ0) is 17.8. The summed E-state index contributed by atoms with van der Waals surface area (Å²) >= 11 is 0. The first-order chi connectivity index (χ1) is 12.1. The van der Waals surface area contributed by atoms with E-state index in [1.807, 2.05) is 37.3 Å². The molecule has 1 aromatic heterocycles. The second-order valence-corrected chi connectivity index (χ2v) is 5.58. The number of nitrogens with zero attached hydrogens (tertiary/aromatic N) is 2. The molecular formula is C20H18N2O3. The highest BCUT2D eigenvalue weighted by atomic mass is 16.5. The summed E-state index contributed by atoms with van der Waals surface area (Å²) in [6, 6.07) is 18.0. The van der Waals surface area contributed by atoms with Gasteiger partial charge in [0.15, 0.2) is 5.69 Å². The molecule has 25 heavy (non-hydrogen) atoms. The Hall–Kier alpha value is -3.21. The Bertz CT molecular complexity index is 945. The molecule has 2 aromatic carbocycles. The molecule has 1 heterocycles. The fraction of sp³-hybridized carbons (Fsp3) is 0.150. The Morgan fingerprint density at radius 3 is 2.40 bits per heavy atom. The van der Waals surface area contributed by atoms with E-state index < -0.39 is 5.97 Å². The van der Waals surface area contributed by atoms with E-state index in [9.17, 15) is 9.59 Å². The molecule has 0 unspecified atom stereocenters. The van der Waals surface area contributed by atoms with Crippen LogP contribution >= 0.6 is 0 Å². The van der Waals surface area contributed by atoms with Gasteiger partial charge in [-0.15, -0.1) is 0 Å². The van der Waals surface area contributed by atoms with E-state index in [0.29, 0.717) is 11.3 Å². The summed E-state index contributed by atoms with van der Waals surface area (Å²) in [6.07, 6.45) is 0. The number of esters is 1. The Morgan fingerprint density at radius 1 is 1.08 bits per heavy atom. The number of carbonyl (C=O) groups excluding carboxylic acids is 1. The molecule has 0 bridgehead atoms. The quantitative estimate of drug-likeness (QED) is 0.686. The van der Waals surface area contributed by atoms with E-state index in [1.165, 1.54) is 10.7 Å². The number of benzene rings is 2. The maximum Gasteiger partial charge on any atom is 0.359 e. The van der Waals surface area contributed by atoms with Gasteiger partial charge in [-0.2, -0.15) is 9.78 Å². The molecule has 0 spiro atoms. The van der Waals surface area contributed by atoms with Crippen molar-refractivity contribution in [3.05, 3.63) is 82.3 Å². The number of carbonyl (C=O) groups is 1. The van der Waals surface area contributed by atoms with Crippen LogP contribution in [0, 0.1) is 6.92 Å². The van der Waals surface area contributed by atoms with Crippen LogP contribution in [0.5, 0.6) is 0 Å². The molecule has 0 amide bonds. The number of aryl methyl sites for hydroxylation is 1.